The van der Waals surface area contributed by atoms with Gasteiger partial charge in [0.2, 0.25) is 0 Å². The largest absolute Gasteiger partial charge is 0.316 e. The van der Waals surface area contributed by atoms with Gasteiger partial charge in [-0.1, -0.05) is 27.7 Å². The Balaban J connectivity index is 2.25. The molecule has 0 unspecified atom stereocenters. The molecule has 4 heteroatoms. The van der Waals surface area contributed by atoms with Crippen LogP contribution in [0.2, 0.25) is 0 Å². The molecule has 0 saturated heterocycles. The lowest BCUT2D eigenvalue weighted by atomic mass is 10.2. The van der Waals surface area contributed by atoms with Crippen LogP contribution >= 0.6 is 27.7 Å². The average Bonchev–Trinajstić information content (AvgIpc) is 2.36. The fourth-order valence-electron chi connectivity index (χ4n) is 1.61. The van der Waals surface area contributed by atoms with E-state index in [0.29, 0.717) is 0 Å². The van der Waals surface area contributed by atoms with Crippen molar-refractivity contribution in [1.29, 1.82) is 0 Å². The topological polar surface area (TPSA) is 12.0 Å². The van der Waals surface area contributed by atoms with Crippen molar-refractivity contribution in [1.82, 2.24) is 5.32 Å². The predicted molar refractivity (Wildman–Crippen MR) is 77.4 cm³/mol. The molecule has 0 amide bonds. The quantitative estimate of drug-likeness (QED) is 0.890. The van der Waals surface area contributed by atoms with E-state index < -0.39 is 0 Å². The molecule has 0 bridgehead atoms. The van der Waals surface area contributed by atoms with E-state index in [1.165, 1.54) is 22.6 Å². The Morgan fingerprint density at radius 2 is 1.89 bits per heavy atom. The van der Waals surface area contributed by atoms with Gasteiger partial charge in [-0.15, -0.1) is 0 Å². The molecule has 0 spiro atoms. The highest BCUT2D eigenvalue weighted by atomic mass is 79.9. The second-order valence-corrected chi connectivity index (χ2v) is 5.87. The molecule has 1 N–H and O–H groups in total. The fraction of sp³-hybridized carbons (Fsp3) is 0.143. The van der Waals surface area contributed by atoms with Crippen LogP contribution in [0.3, 0.4) is 0 Å². The van der Waals surface area contributed by atoms with E-state index in [2.05, 4.69) is 33.4 Å². The van der Waals surface area contributed by atoms with Gasteiger partial charge in [0, 0.05) is 20.8 Å². The first kappa shape index (κ1) is 13.6. The van der Waals surface area contributed by atoms with Gasteiger partial charge in [0.05, 0.1) is 0 Å². The molecular weight excluding hydrogens is 313 g/mol. The van der Waals surface area contributed by atoms with E-state index in [1.807, 2.05) is 13.1 Å². The number of hydrogen-bond donors (Lipinski definition) is 1. The minimum atomic E-state index is -0.203. The minimum absolute atomic E-state index is 0.203. The molecule has 94 valence electrons. The van der Waals surface area contributed by atoms with E-state index in [4.69, 9.17) is 0 Å². The van der Waals surface area contributed by atoms with Gasteiger partial charge < -0.3 is 5.32 Å². The molecule has 0 aromatic heterocycles. The first-order valence-corrected chi connectivity index (χ1v) is 7.16. The number of rotatable bonds is 4. The maximum atomic E-state index is 12.9. The van der Waals surface area contributed by atoms with Crippen LogP contribution in [0.1, 0.15) is 5.56 Å². The molecule has 18 heavy (non-hydrogen) atoms. The summed E-state index contributed by atoms with van der Waals surface area (Å²) in [6.07, 6.45) is 0. The maximum Gasteiger partial charge on any atom is 0.123 e. The second kappa shape index (κ2) is 6.36. The van der Waals surface area contributed by atoms with Crippen molar-refractivity contribution in [2.75, 3.05) is 7.05 Å². The molecule has 0 radical (unpaired) electrons. The Hall–Kier alpha value is -0.840. The van der Waals surface area contributed by atoms with Gasteiger partial charge in [0.25, 0.3) is 0 Å². The summed E-state index contributed by atoms with van der Waals surface area (Å²) in [6, 6.07) is 12.8. The molecule has 0 atom stereocenters. The zero-order chi connectivity index (χ0) is 13.0. The van der Waals surface area contributed by atoms with Crippen LogP contribution in [-0.4, -0.2) is 7.05 Å². The third kappa shape index (κ3) is 3.57. The number of hydrogen-bond acceptors (Lipinski definition) is 2. The van der Waals surface area contributed by atoms with Gasteiger partial charge in [0.15, 0.2) is 0 Å². The Morgan fingerprint density at radius 3 is 2.56 bits per heavy atom. The molecular formula is C14H13BrFNS. The Bertz CT molecular complexity index is 528. The van der Waals surface area contributed by atoms with Crippen LogP contribution in [0.25, 0.3) is 0 Å². The van der Waals surface area contributed by atoms with Crippen molar-refractivity contribution in [2.45, 2.75) is 16.3 Å². The van der Waals surface area contributed by atoms with E-state index in [-0.39, 0.29) is 5.82 Å². The molecule has 0 fully saturated rings. The van der Waals surface area contributed by atoms with Crippen LogP contribution < -0.4 is 5.32 Å². The lowest BCUT2D eigenvalue weighted by Crippen LogP contribution is -2.06. The summed E-state index contributed by atoms with van der Waals surface area (Å²) in [5, 5.41) is 3.15. The SMILES string of the molecule is CNCc1cc(Br)ccc1Sc1ccc(F)cc1. The second-order valence-electron chi connectivity index (χ2n) is 3.84. The van der Waals surface area contributed by atoms with Crippen LogP contribution in [0, 0.1) is 5.82 Å². The number of benzene rings is 2. The monoisotopic (exact) mass is 325 g/mol. The highest BCUT2D eigenvalue weighted by molar-refractivity contribution is 9.10. The number of nitrogens with one attached hydrogen (secondary N) is 1. The molecule has 0 aliphatic heterocycles. The molecule has 2 rings (SSSR count). The van der Waals surface area contributed by atoms with Crippen molar-refractivity contribution < 1.29 is 4.39 Å². The first-order chi connectivity index (χ1) is 8.69. The summed E-state index contributed by atoms with van der Waals surface area (Å²) in [5.74, 6) is -0.203. The van der Waals surface area contributed by atoms with Crippen LogP contribution in [-0.2, 0) is 6.54 Å². The zero-order valence-corrected chi connectivity index (χ0v) is 12.3. The lowest BCUT2D eigenvalue weighted by molar-refractivity contribution is 0.626. The summed E-state index contributed by atoms with van der Waals surface area (Å²) < 4.78 is 13.9. The summed E-state index contributed by atoms with van der Waals surface area (Å²) >= 11 is 5.12. The first-order valence-electron chi connectivity index (χ1n) is 5.55. The summed E-state index contributed by atoms with van der Waals surface area (Å²) in [5.41, 5.74) is 1.22. The summed E-state index contributed by atoms with van der Waals surface area (Å²) in [7, 11) is 1.92. The van der Waals surface area contributed by atoms with E-state index in [9.17, 15) is 4.39 Å². The minimum Gasteiger partial charge on any atom is -0.316 e. The fourth-order valence-corrected chi connectivity index (χ4v) is 2.94. The van der Waals surface area contributed by atoms with E-state index in [0.717, 1.165) is 15.9 Å². The summed E-state index contributed by atoms with van der Waals surface area (Å²) in [6.45, 7) is 0.809. The zero-order valence-electron chi connectivity index (χ0n) is 9.91. The highest BCUT2D eigenvalue weighted by Crippen LogP contribution is 2.32. The highest BCUT2D eigenvalue weighted by Gasteiger charge is 2.05. The van der Waals surface area contributed by atoms with Crippen LogP contribution in [0.5, 0.6) is 0 Å². The van der Waals surface area contributed by atoms with E-state index in [1.54, 1.807) is 23.9 Å². The van der Waals surface area contributed by atoms with Crippen LogP contribution in [0.4, 0.5) is 4.39 Å². The Kier molecular flexibility index (Phi) is 4.80. The molecule has 0 saturated carbocycles. The van der Waals surface area contributed by atoms with Crippen molar-refractivity contribution in [2.24, 2.45) is 0 Å². The molecule has 0 heterocycles. The standard InChI is InChI=1S/C14H13BrFNS/c1-17-9-10-8-11(15)2-7-14(10)18-13-5-3-12(16)4-6-13/h2-8,17H,9H2,1H3. The predicted octanol–water partition coefficient (Wildman–Crippen LogP) is 4.46. The van der Waals surface area contributed by atoms with Crippen molar-refractivity contribution in [3.05, 3.63) is 58.3 Å². The smallest absolute Gasteiger partial charge is 0.123 e. The van der Waals surface area contributed by atoms with Gasteiger partial charge in [-0.3, -0.25) is 0 Å². The average molecular weight is 326 g/mol. The van der Waals surface area contributed by atoms with Crippen molar-refractivity contribution in [3.63, 3.8) is 0 Å². The molecule has 1 nitrogen and oxygen atoms in total. The van der Waals surface area contributed by atoms with Gasteiger partial charge in [-0.2, -0.15) is 0 Å². The molecule has 2 aromatic rings. The molecule has 0 aliphatic carbocycles. The Labute approximate surface area is 119 Å². The molecule has 0 aliphatic rings. The van der Waals surface area contributed by atoms with Crippen LogP contribution in [0.15, 0.2) is 56.7 Å². The normalized spacial score (nSPS) is 10.6. The maximum absolute atomic E-state index is 12.9. The van der Waals surface area contributed by atoms with Gasteiger partial charge in [-0.25, -0.2) is 4.39 Å². The van der Waals surface area contributed by atoms with Gasteiger partial charge in [0.1, 0.15) is 5.82 Å². The van der Waals surface area contributed by atoms with Gasteiger partial charge in [-0.05, 0) is 55.1 Å². The Morgan fingerprint density at radius 1 is 1.17 bits per heavy atom. The molecule has 2 aromatic carbocycles. The van der Waals surface area contributed by atoms with E-state index >= 15 is 0 Å². The van der Waals surface area contributed by atoms with Crippen molar-refractivity contribution >= 4 is 27.7 Å². The third-order valence-corrected chi connectivity index (χ3v) is 4.05. The lowest BCUT2D eigenvalue weighted by Gasteiger charge is -2.09. The van der Waals surface area contributed by atoms with Crippen molar-refractivity contribution in [3.8, 4) is 0 Å². The number of halogens is 2. The van der Waals surface area contributed by atoms with Gasteiger partial charge >= 0.3 is 0 Å². The third-order valence-electron chi connectivity index (χ3n) is 2.43. The summed E-state index contributed by atoms with van der Waals surface area (Å²) in [4.78, 5) is 2.22.